The first kappa shape index (κ1) is 14.8. The number of rotatable bonds is 4. The first-order valence-electron chi connectivity index (χ1n) is 6.65. The molecule has 1 N–H and O–H groups in total. The van der Waals surface area contributed by atoms with Crippen molar-refractivity contribution in [3.05, 3.63) is 64.7 Å². The first-order valence-corrected chi connectivity index (χ1v) is 6.65. The molecule has 1 amide bonds. The van der Waals surface area contributed by atoms with Crippen molar-refractivity contribution in [3.63, 3.8) is 0 Å². The maximum Gasteiger partial charge on any atom is 0.255 e. The van der Waals surface area contributed by atoms with Crippen LogP contribution in [0.3, 0.4) is 0 Å². The Balaban J connectivity index is 2.11. The van der Waals surface area contributed by atoms with Crippen LogP contribution in [-0.2, 0) is 4.84 Å². The predicted molar refractivity (Wildman–Crippen MR) is 84.9 cm³/mol. The molecule has 0 unspecified atom stereocenters. The zero-order valence-corrected chi connectivity index (χ0v) is 12.4. The van der Waals surface area contributed by atoms with E-state index in [0.29, 0.717) is 5.56 Å². The number of nitrogens with one attached hydrogen (secondary N) is 1. The van der Waals surface area contributed by atoms with Gasteiger partial charge in [0, 0.05) is 11.3 Å². The molecule has 108 valence electrons. The van der Waals surface area contributed by atoms with Crippen molar-refractivity contribution in [2.24, 2.45) is 5.16 Å². The second-order valence-electron chi connectivity index (χ2n) is 4.81. The molecule has 0 fully saturated rings. The lowest BCUT2D eigenvalue weighted by atomic mass is 10.1. The fourth-order valence-corrected chi connectivity index (χ4v) is 1.98. The van der Waals surface area contributed by atoms with Crippen LogP contribution in [0, 0.1) is 13.8 Å². The predicted octanol–water partition coefficient (Wildman–Crippen LogP) is 3.54. The van der Waals surface area contributed by atoms with Gasteiger partial charge in [-0.15, -0.1) is 0 Å². The highest BCUT2D eigenvalue weighted by Crippen LogP contribution is 2.17. The zero-order chi connectivity index (χ0) is 15.2. The van der Waals surface area contributed by atoms with Crippen molar-refractivity contribution in [3.8, 4) is 0 Å². The Morgan fingerprint density at radius 1 is 1.14 bits per heavy atom. The average molecular weight is 282 g/mol. The van der Waals surface area contributed by atoms with E-state index < -0.39 is 0 Å². The number of oxime groups is 1. The molecule has 0 bridgehead atoms. The fourth-order valence-electron chi connectivity index (χ4n) is 1.98. The van der Waals surface area contributed by atoms with Gasteiger partial charge in [0.15, 0.2) is 0 Å². The van der Waals surface area contributed by atoms with Gasteiger partial charge < -0.3 is 10.2 Å². The second-order valence-corrected chi connectivity index (χ2v) is 4.81. The van der Waals surface area contributed by atoms with Gasteiger partial charge in [-0.05, 0) is 43.2 Å². The molecule has 0 spiro atoms. The van der Waals surface area contributed by atoms with Gasteiger partial charge in [0.1, 0.15) is 7.11 Å². The summed E-state index contributed by atoms with van der Waals surface area (Å²) in [5, 5.41) is 6.60. The standard InChI is InChI=1S/C17H18N2O2/c1-12-4-9-16(13(2)10-12)19-17(20)15-7-5-14(6-8-15)11-18-21-3/h4-11H,1-3H3,(H,19,20)/b18-11+. The molecule has 0 aliphatic rings. The number of amides is 1. The van der Waals surface area contributed by atoms with Crippen molar-refractivity contribution < 1.29 is 9.63 Å². The van der Waals surface area contributed by atoms with Gasteiger partial charge in [-0.3, -0.25) is 4.79 Å². The highest BCUT2D eigenvalue weighted by atomic mass is 16.6. The van der Waals surface area contributed by atoms with Gasteiger partial charge >= 0.3 is 0 Å². The summed E-state index contributed by atoms with van der Waals surface area (Å²) in [6.45, 7) is 4.01. The third-order valence-corrected chi connectivity index (χ3v) is 3.11. The zero-order valence-electron chi connectivity index (χ0n) is 12.4. The molecule has 2 rings (SSSR count). The van der Waals surface area contributed by atoms with Crippen molar-refractivity contribution >= 4 is 17.8 Å². The van der Waals surface area contributed by atoms with Gasteiger partial charge in [0.2, 0.25) is 0 Å². The normalized spacial score (nSPS) is 10.6. The molecule has 0 aromatic heterocycles. The highest BCUT2D eigenvalue weighted by Gasteiger charge is 2.07. The molecule has 4 nitrogen and oxygen atoms in total. The molecule has 0 saturated heterocycles. The minimum Gasteiger partial charge on any atom is -0.399 e. The Morgan fingerprint density at radius 3 is 2.48 bits per heavy atom. The van der Waals surface area contributed by atoms with E-state index in [9.17, 15) is 4.79 Å². The number of nitrogens with zero attached hydrogens (tertiary/aromatic N) is 1. The van der Waals surface area contributed by atoms with Gasteiger partial charge in [-0.1, -0.05) is 35.0 Å². The number of hydrogen-bond donors (Lipinski definition) is 1. The van der Waals surface area contributed by atoms with E-state index in [1.54, 1.807) is 18.3 Å². The number of carbonyl (C=O) groups excluding carboxylic acids is 1. The Kier molecular flexibility index (Phi) is 4.72. The lowest BCUT2D eigenvalue weighted by molar-refractivity contribution is 0.102. The summed E-state index contributed by atoms with van der Waals surface area (Å²) < 4.78 is 0. The summed E-state index contributed by atoms with van der Waals surface area (Å²) >= 11 is 0. The molecule has 2 aromatic rings. The van der Waals surface area contributed by atoms with E-state index in [1.807, 2.05) is 44.2 Å². The molecule has 0 saturated carbocycles. The van der Waals surface area contributed by atoms with Crippen LogP contribution in [0.1, 0.15) is 27.0 Å². The van der Waals surface area contributed by atoms with Crippen LogP contribution < -0.4 is 5.32 Å². The Morgan fingerprint density at radius 2 is 1.86 bits per heavy atom. The molecule has 0 heterocycles. The minimum absolute atomic E-state index is 0.128. The van der Waals surface area contributed by atoms with Crippen molar-refractivity contribution in [2.75, 3.05) is 12.4 Å². The van der Waals surface area contributed by atoms with Crippen LogP contribution in [0.4, 0.5) is 5.69 Å². The SMILES string of the molecule is CO/N=C/c1ccc(C(=O)Nc2ccc(C)cc2C)cc1. The maximum atomic E-state index is 12.2. The summed E-state index contributed by atoms with van der Waals surface area (Å²) in [6, 6.07) is 13.1. The van der Waals surface area contributed by atoms with Crippen LogP contribution in [0.5, 0.6) is 0 Å². The van der Waals surface area contributed by atoms with E-state index in [1.165, 1.54) is 12.7 Å². The van der Waals surface area contributed by atoms with Crippen LogP contribution in [0.15, 0.2) is 47.6 Å². The largest absolute Gasteiger partial charge is 0.399 e. The maximum absolute atomic E-state index is 12.2. The summed E-state index contributed by atoms with van der Waals surface area (Å²) in [5.41, 5.74) is 4.53. The molecule has 21 heavy (non-hydrogen) atoms. The number of anilines is 1. The minimum atomic E-state index is -0.128. The van der Waals surface area contributed by atoms with Crippen LogP contribution in [-0.4, -0.2) is 19.2 Å². The molecular weight excluding hydrogens is 264 g/mol. The Bertz CT molecular complexity index is 661. The quantitative estimate of drug-likeness (QED) is 0.689. The van der Waals surface area contributed by atoms with Gasteiger partial charge in [-0.2, -0.15) is 0 Å². The molecule has 0 atom stereocenters. The first-order chi connectivity index (χ1) is 10.1. The van der Waals surface area contributed by atoms with Crippen LogP contribution >= 0.6 is 0 Å². The van der Waals surface area contributed by atoms with E-state index >= 15 is 0 Å². The molecule has 2 aromatic carbocycles. The molecular formula is C17H18N2O2. The average Bonchev–Trinajstić information content (AvgIpc) is 2.48. The third kappa shape index (κ3) is 3.92. The Labute approximate surface area is 124 Å². The van der Waals surface area contributed by atoms with E-state index in [0.717, 1.165) is 16.8 Å². The lowest BCUT2D eigenvalue weighted by Gasteiger charge is -2.09. The number of carbonyl (C=O) groups is 1. The van der Waals surface area contributed by atoms with Crippen molar-refractivity contribution in [1.82, 2.24) is 0 Å². The molecule has 4 heteroatoms. The van der Waals surface area contributed by atoms with Crippen LogP contribution in [0.2, 0.25) is 0 Å². The van der Waals surface area contributed by atoms with Crippen molar-refractivity contribution in [1.29, 1.82) is 0 Å². The monoisotopic (exact) mass is 282 g/mol. The van der Waals surface area contributed by atoms with E-state index in [-0.39, 0.29) is 5.91 Å². The summed E-state index contributed by atoms with van der Waals surface area (Å²) in [6.07, 6.45) is 1.59. The van der Waals surface area contributed by atoms with E-state index in [4.69, 9.17) is 0 Å². The third-order valence-electron chi connectivity index (χ3n) is 3.11. The summed E-state index contributed by atoms with van der Waals surface area (Å²) in [4.78, 5) is 16.8. The molecule has 0 radical (unpaired) electrons. The van der Waals surface area contributed by atoms with Gasteiger partial charge in [-0.25, -0.2) is 0 Å². The number of benzene rings is 2. The summed E-state index contributed by atoms with van der Waals surface area (Å²) in [5.74, 6) is -0.128. The lowest BCUT2D eigenvalue weighted by Crippen LogP contribution is -2.12. The van der Waals surface area contributed by atoms with Crippen LogP contribution in [0.25, 0.3) is 0 Å². The number of aryl methyl sites for hydroxylation is 2. The van der Waals surface area contributed by atoms with Gasteiger partial charge in [0.05, 0.1) is 6.21 Å². The topological polar surface area (TPSA) is 50.7 Å². The number of hydrogen-bond acceptors (Lipinski definition) is 3. The van der Waals surface area contributed by atoms with Crippen molar-refractivity contribution in [2.45, 2.75) is 13.8 Å². The molecule has 0 aliphatic carbocycles. The fraction of sp³-hybridized carbons (Fsp3) is 0.176. The highest BCUT2D eigenvalue weighted by molar-refractivity contribution is 6.04. The summed E-state index contributed by atoms with van der Waals surface area (Å²) in [7, 11) is 1.49. The van der Waals surface area contributed by atoms with Gasteiger partial charge in [0.25, 0.3) is 5.91 Å². The Hall–Kier alpha value is -2.62. The molecule has 0 aliphatic heterocycles. The second kappa shape index (κ2) is 6.70. The smallest absolute Gasteiger partial charge is 0.255 e. The van der Waals surface area contributed by atoms with E-state index in [2.05, 4.69) is 15.3 Å².